The van der Waals surface area contributed by atoms with E-state index in [9.17, 15) is 0 Å². The van der Waals surface area contributed by atoms with E-state index in [1.54, 1.807) is 6.20 Å². The zero-order valence-corrected chi connectivity index (χ0v) is 10.6. The number of nitrogens with zero attached hydrogens (tertiary/aromatic N) is 1. The zero-order chi connectivity index (χ0) is 12.9. The van der Waals surface area contributed by atoms with E-state index >= 15 is 0 Å². The van der Waals surface area contributed by atoms with Crippen LogP contribution < -0.4 is 14.8 Å². The minimum Gasteiger partial charge on any atom is -0.454 e. The maximum atomic E-state index is 5.36. The summed E-state index contributed by atoms with van der Waals surface area (Å²) in [5, 5.41) is 3.42. The van der Waals surface area contributed by atoms with Gasteiger partial charge in [0, 0.05) is 18.9 Å². The third-order valence-corrected chi connectivity index (χ3v) is 3.08. The average Bonchev–Trinajstić information content (AvgIpc) is 2.92. The second-order valence-corrected chi connectivity index (χ2v) is 4.48. The minimum absolute atomic E-state index is 0.327. The molecule has 0 atom stereocenters. The molecule has 0 spiro atoms. The smallest absolute Gasteiger partial charge is 0.231 e. The number of rotatable bonds is 5. The van der Waals surface area contributed by atoms with Crippen molar-refractivity contribution in [2.24, 2.45) is 0 Å². The Bertz CT molecular complexity index is 543. The zero-order valence-electron chi connectivity index (χ0n) is 10.6. The van der Waals surface area contributed by atoms with Gasteiger partial charge in [0.05, 0.1) is 0 Å². The van der Waals surface area contributed by atoms with E-state index in [0.717, 1.165) is 31.0 Å². The highest BCUT2D eigenvalue weighted by Crippen LogP contribution is 2.32. The molecule has 1 N–H and O–H groups in total. The number of pyridine rings is 1. The molecule has 1 aliphatic rings. The molecule has 2 heterocycles. The highest BCUT2D eigenvalue weighted by atomic mass is 16.7. The third-order valence-electron chi connectivity index (χ3n) is 3.08. The molecule has 0 saturated carbocycles. The Labute approximate surface area is 112 Å². The molecule has 98 valence electrons. The van der Waals surface area contributed by atoms with Crippen LogP contribution in [0.3, 0.4) is 0 Å². The van der Waals surface area contributed by atoms with E-state index in [2.05, 4.69) is 22.4 Å². The van der Waals surface area contributed by atoms with Crippen LogP contribution in [0.5, 0.6) is 11.5 Å². The van der Waals surface area contributed by atoms with E-state index in [1.165, 1.54) is 11.1 Å². The summed E-state index contributed by atoms with van der Waals surface area (Å²) in [5.74, 6) is 1.67. The van der Waals surface area contributed by atoms with Gasteiger partial charge in [-0.2, -0.15) is 0 Å². The van der Waals surface area contributed by atoms with Gasteiger partial charge in [-0.1, -0.05) is 12.1 Å². The lowest BCUT2D eigenvalue weighted by Gasteiger charge is -2.06. The largest absolute Gasteiger partial charge is 0.454 e. The van der Waals surface area contributed by atoms with Gasteiger partial charge in [-0.3, -0.25) is 4.98 Å². The van der Waals surface area contributed by atoms with Gasteiger partial charge in [0.15, 0.2) is 11.5 Å². The molecule has 4 heteroatoms. The summed E-state index contributed by atoms with van der Waals surface area (Å²) in [4.78, 5) is 4.10. The summed E-state index contributed by atoms with van der Waals surface area (Å²) in [6, 6.07) is 10.1. The predicted octanol–water partition coefficient (Wildman–Crippen LogP) is 2.14. The molecular weight excluding hydrogens is 240 g/mol. The van der Waals surface area contributed by atoms with Gasteiger partial charge in [0.25, 0.3) is 0 Å². The van der Waals surface area contributed by atoms with Crippen molar-refractivity contribution in [1.29, 1.82) is 0 Å². The van der Waals surface area contributed by atoms with Crippen LogP contribution in [0.15, 0.2) is 42.7 Å². The molecule has 1 aliphatic heterocycles. The van der Waals surface area contributed by atoms with Crippen LogP contribution in [0.25, 0.3) is 0 Å². The number of hydrogen-bond donors (Lipinski definition) is 1. The lowest BCUT2D eigenvalue weighted by Crippen LogP contribution is -2.16. The van der Waals surface area contributed by atoms with Crippen molar-refractivity contribution in [2.75, 3.05) is 13.3 Å². The Morgan fingerprint density at radius 2 is 2.05 bits per heavy atom. The van der Waals surface area contributed by atoms with E-state index in [-0.39, 0.29) is 0 Å². The lowest BCUT2D eigenvalue weighted by molar-refractivity contribution is 0.174. The lowest BCUT2D eigenvalue weighted by atomic mass is 10.2. The van der Waals surface area contributed by atoms with Crippen LogP contribution in [0, 0.1) is 0 Å². The highest BCUT2D eigenvalue weighted by Gasteiger charge is 2.12. The van der Waals surface area contributed by atoms with Crippen molar-refractivity contribution < 1.29 is 9.47 Å². The summed E-state index contributed by atoms with van der Waals surface area (Å²) in [6.07, 6.45) is 4.68. The van der Waals surface area contributed by atoms with Crippen molar-refractivity contribution >= 4 is 0 Å². The summed E-state index contributed by atoms with van der Waals surface area (Å²) in [5.41, 5.74) is 2.45. The molecule has 0 unspecified atom stereocenters. The van der Waals surface area contributed by atoms with Gasteiger partial charge in [-0.05, 0) is 42.3 Å². The van der Waals surface area contributed by atoms with Gasteiger partial charge in [0.2, 0.25) is 6.79 Å². The van der Waals surface area contributed by atoms with Gasteiger partial charge >= 0.3 is 0 Å². The molecule has 1 aromatic carbocycles. The number of benzene rings is 1. The SMILES string of the molecule is c1cncc(CCNCc2ccc3c(c2)OCO3)c1. The monoisotopic (exact) mass is 256 g/mol. The van der Waals surface area contributed by atoms with Gasteiger partial charge in [0.1, 0.15) is 0 Å². The summed E-state index contributed by atoms with van der Waals surface area (Å²) in [7, 11) is 0. The maximum Gasteiger partial charge on any atom is 0.231 e. The molecule has 3 rings (SSSR count). The Morgan fingerprint density at radius 1 is 1.11 bits per heavy atom. The molecule has 4 nitrogen and oxygen atoms in total. The first-order chi connectivity index (χ1) is 9.42. The summed E-state index contributed by atoms with van der Waals surface area (Å²) >= 11 is 0. The molecule has 0 bridgehead atoms. The van der Waals surface area contributed by atoms with Crippen LogP contribution in [0.4, 0.5) is 0 Å². The van der Waals surface area contributed by atoms with Crippen LogP contribution in [-0.4, -0.2) is 18.3 Å². The van der Waals surface area contributed by atoms with Crippen molar-refractivity contribution in [3.63, 3.8) is 0 Å². The van der Waals surface area contributed by atoms with Crippen molar-refractivity contribution in [3.8, 4) is 11.5 Å². The maximum absolute atomic E-state index is 5.36. The van der Waals surface area contributed by atoms with E-state index in [4.69, 9.17) is 9.47 Å². The van der Waals surface area contributed by atoms with Gasteiger partial charge in [-0.15, -0.1) is 0 Å². The number of aromatic nitrogens is 1. The van der Waals surface area contributed by atoms with E-state index < -0.39 is 0 Å². The predicted molar refractivity (Wildman–Crippen MR) is 72.2 cm³/mol. The first-order valence-corrected chi connectivity index (χ1v) is 6.40. The van der Waals surface area contributed by atoms with Crippen molar-refractivity contribution in [1.82, 2.24) is 10.3 Å². The van der Waals surface area contributed by atoms with E-state index in [0.29, 0.717) is 6.79 Å². The Hall–Kier alpha value is -2.07. The first kappa shape index (κ1) is 12.0. The number of ether oxygens (including phenoxy) is 2. The molecule has 0 fully saturated rings. The minimum atomic E-state index is 0.327. The third kappa shape index (κ3) is 3.03. The van der Waals surface area contributed by atoms with Crippen LogP contribution in [0.2, 0.25) is 0 Å². The fourth-order valence-electron chi connectivity index (χ4n) is 2.06. The molecule has 0 radical (unpaired) electrons. The van der Waals surface area contributed by atoms with Gasteiger partial charge in [-0.25, -0.2) is 0 Å². The topological polar surface area (TPSA) is 43.4 Å². The first-order valence-electron chi connectivity index (χ1n) is 6.40. The van der Waals surface area contributed by atoms with Crippen LogP contribution in [0.1, 0.15) is 11.1 Å². The van der Waals surface area contributed by atoms with Crippen LogP contribution in [-0.2, 0) is 13.0 Å². The fraction of sp³-hybridized carbons (Fsp3) is 0.267. The Morgan fingerprint density at radius 3 is 2.95 bits per heavy atom. The average molecular weight is 256 g/mol. The van der Waals surface area contributed by atoms with Crippen molar-refractivity contribution in [2.45, 2.75) is 13.0 Å². The number of nitrogens with one attached hydrogen (secondary N) is 1. The number of hydrogen-bond acceptors (Lipinski definition) is 4. The Kier molecular flexibility index (Phi) is 3.61. The fourth-order valence-corrected chi connectivity index (χ4v) is 2.06. The summed E-state index contributed by atoms with van der Waals surface area (Å²) in [6.45, 7) is 2.09. The molecule has 2 aromatic rings. The highest BCUT2D eigenvalue weighted by molar-refractivity contribution is 5.44. The Balaban J connectivity index is 1.48. The second-order valence-electron chi connectivity index (χ2n) is 4.48. The second kappa shape index (κ2) is 5.71. The standard InChI is InChI=1S/C15H16N2O2/c1-2-12(9-16-6-1)5-7-17-10-13-3-4-14-15(8-13)19-11-18-14/h1-4,6,8-9,17H,5,7,10-11H2. The van der Waals surface area contributed by atoms with E-state index in [1.807, 2.05) is 24.4 Å². The van der Waals surface area contributed by atoms with Crippen molar-refractivity contribution in [3.05, 3.63) is 53.9 Å². The molecule has 0 saturated heterocycles. The summed E-state index contributed by atoms with van der Waals surface area (Å²) < 4.78 is 10.6. The van der Waals surface area contributed by atoms with Crippen LogP contribution >= 0.6 is 0 Å². The molecular formula is C15H16N2O2. The normalized spacial score (nSPS) is 12.6. The number of fused-ring (bicyclic) bond motifs is 1. The molecule has 0 aliphatic carbocycles. The quantitative estimate of drug-likeness (QED) is 0.832. The molecule has 1 aromatic heterocycles. The van der Waals surface area contributed by atoms with Gasteiger partial charge < -0.3 is 14.8 Å². The molecule has 19 heavy (non-hydrogen) atoms. The molecule has 0 amide bonds.